The summed E-state index contributed by atoms with van der Waals surface area (Å²) in [5.74, 6) is 3.19. The number of rotatable bonds is 7. The summed E-state index contributed by atoms with van der Waals surface area (Å²) in [6.45, 7) is 6.00. The number of carbonyl (C=O) groups is 1. The van der Waals surface area contributed by atoms with Crippen molar-refractivity contribution in [2.24, 2.45) is 0 Å². The number of amides is 1. The van der Waals surface area contributed by atoms with Gasteiger partial charge in [0.2, 0.25) is 0 Å². The van der Waals surface area contributed by atoms with Crippen LogP contribution in [0.5, 0.6) is 0 Å². The zero-order valence-electron chi connectivity index (χ0n) is 19.0. The van der Waals surface area contributed by atoms with Crippen molar-refractivity contribution in [2.45, 2.75) is 81.7 Å². The molecule has 1 aliphatic heterocycles. The molecule has 2 fully saturated rings. The third kappa shape index (κ3) is 5.43. The fourth-order valence-electron chi connectivity index (χ4n) is 4.41. The zero-order valence-corrected chi connectivity index (χ0v) is 19.8. The number of thioether (sulfide) groups is 1. The Labute approximate surface area is 189 Å². The Kier molecular flexibility index (Phi) is 7.20. The lowest BCUT2D eigenvalue weighted by molar-refractivity contribution is 0.0760. The molecule has 31 heavy (non-hydrogen) atoms. The molecule has 0 atom stereocenters. The maximum absolute atomic E-state index is 12.5. The minimum absolute atomic E-state index is 0.00296. The van der Waals surface area contributed by atoms with E-state index in [1.54, 1.807) is 17.8 Å². The summed E-state index contributed by atoms with van der Waals surface area (Å²) in [6.07, 6.45) is 8.58. The van der Waals surface area contributed by atoms with Crippen LogP contribution < -0.4 is 4.90 Å². The number of anilines is 1. The molecule has 1 saturated heterocycles. The first kappa shape index (κ1) is 22.2. The van der Waals surface area contributed by atoms with Crippen molar-refractivity contribution in [3.8, 4) is 0 Å². The first-order chi connectivity index (χ1) is 15.0. The van der Waals surface area contributed by atoms with Gasteiger partial charge in [0.25, 0.3) is 5.91 Å². The van der Waals surface area contributed by atoms with Gasteiger partial charge in [0.05, 0.1) is 5.75 Å². The Balaban J connectivity index is 1.45. The van der Waals surface area contributed by atoms with E-state index in [2.05, 4.69) is 31.9 Å². The largest absolute Gasteiger partial charge is 0.455 e. The summed E-state index contributed by atoms with van der Waals surface area (Å²) >= 11 is 1.57. The summed E-state index contributed by atoms with van der Waals surface area (Å²) in [5.41, 5.74) is 1.07. The van der Waals surface area contributed by atoms with Crippen LogP contribution in [0.2, 0.25) is 0 Å². The summed E-state index contributed by atoms with van der Waals surface area (Å²) in [4.78, 5) is 26.4. The van der Waals surface area contributed by atoms with E-state index in [9.17, 15) is 4.79 Å². The number of hydrogen-bond donors (Lipinski definition) is 0. The minimum Gasteiger partial charge on any atom is -0.455 e. The smallest absolute Gasteiger partial charge is 0.289 e. The van der Waals surface area contributed by atoms with Gasteiger partial charge >= 0.3 is 0 Å². The summed E-state index contributed by atoms with van der Waals surface area (Å²) < 4.78 is 5.85. The highest BCUT2D eigenvalue weighted by Gasteiger charge is 2.23. The van der Waals surface area contributed by atoms with E-state index in [0.717, 1.165) is 48.4 Å². The predicted octanol–water partition coefficient (Wildman–Crippen LogP) is 5.49. The van der Waals surface area contributed by atoms with Gasteiger partial charge < -0.3 is 14.2 Å². The number of likely N-dealkylation sites (tertiary alicyclic amines) is 1. The van der Waals surface area contributed by atoms with E-state index in [1.807, 2.05) is 11.0 Å². The molecule has 1 aliphatic carbocycles. The molecule has 0 unspecified atom stereocenters. The van der Waals surface area contributed by atoms with Crippen LogP contribution in [0.25, 0.3) is 0 Å². The van der Waals surface area contributed by atoms with E-state index in [1.165, 1.54) is 32.1 Å². The molecule has 168 valence electrons. The third-order valence-corrected chi connectivity index (χ3v) is 7.27. The molecule has 2 aliphatic rings. The van der Waals surface area contributed by atoms with Crippen LogP contribution in [-0.4, -0.2) is 47.0 Å². The second kappa shape index (κ2) is 10.1. The zero-order chi connectivity index (χ0) is 21.8. The predicted molar refractivity (Wildman–Crippen MR) is 125 cm³/mol. The molecule has 2 aromatic heterocycles. The maximum Gasteiger partial charge on any atom is 0.289 e. The molecule has 0 aromatic carbocycles. The van der Waals surface area contributed by atoms with Crippen molar-refractivity contribution in [2.75, 3.05) is 25.0 Å². The SMILES string of the molecule is CC(C)c1cc(N(C)C2CCCCC2)nc(SCc2ccc(C(=O)N3CCCC3)o2)n1. The molecule has 0 radical (unpaired) electrons. The molecule has 0 N–H and O–H groups in total. The molecule has 1 saturated carbocycles. The monoisotopic (exact) mass is 442 g/mol. The first-order valence-electron chi connectivity index (χ1n) is 11.6. The van der Waals surface area contributed by atoms with Gasteiger partial charge in [0.1, 0.15) is 11.6 Å². The normalized spacial score (nSPS) is 17.5. The van der Waals surface area contributed by atoms with E-state index < -0.39 is 0 Å². The number of nitrogens with zero attached hydrogens (tertiary/aromatic N) is 4. The summed E-state index contributed by atoms with van der Waals surface area (Å²) in [5, 5.41) is 0.771. The van der Waals surface area contributed by atoms with E-state index in [-0.39, 0.29) is 5.91 Å². The van der Waals surface area contributed by atoms with E-state index in [4.69, 9.17) is 14.4 Å². The van der Waals surface area contributed by atoms with Crippen LogP contribution >= 0.6 is 11.8 Å². The molecular weight excluding hydrogens is 408 g/mol. The van der Waals surface area contributed by atoms with Crippen LogP contribution in [0.4, 0.5) is 5.82 Å². The Morgan fingerprint density at radius 1 is 1.16 bits per heavy atom. The molecular formula is C24H34N4O2S. The third-order valence-electron chi connectivity index (χ3n) is 6.40. The number of aromatic nitrogens is 2. The second-order valence-corrected chi connectivity index (χ2v) is 9.99. The topological polar surface area (TPSA) is 62.5 Å². The average molecular weight is 443 g/mol. The summed E-state index contributed by atoms with van der Waals surface area (Å²) in [7, 11) is 2.17. The van der Waals surface area contributed by atoms with Gasteiger partial charge in [-0.1, -0.05) is 44.9 Å². The lowest BCUT2D eigenvalue weighted by Crippen LogP contribution is -2.34. The van der Waals surface area contributed by atoms with Crippen molar-refractivity contribution in [1.29, 1.82) is 0 Å². The Hall–Kier alpha value is -2.02. The van der Waals surface area contributed by atoms with Gasteiger partial charge in [-0.05, 0) is 43.7 Å². The fourth-order valence-corrected chi connectivity index (χ4v) is 5.16. The molecule has 2 aromatic rings. The second-order valence-electron chi connectivity index (χ2n) is 9.04. The molecule has 7 heteroatoms. The highest BCUT2D eigenvalue weighted by atomic mass is 32.2. The van der Waals surface area contributed by atoms with Crippen molar-refractivity contribution in [3.05, 3.63) is 35.4 Å². The maximum atomic E-state index is 12.5. The lowest BCUT2D eigenvalue weighted by atomic mass is 9.94. The van der Waals surface area contributed by atoms with Crippen LogP contribution in [0, 0.1) is 0 Å². The molecule has 3 heterocycles. The average Bonchev–Trinajstić information content (AvgIpc) is 3.49. The lowest BCUT2D eigenvalue weighted by Gasteiger charge is -2.32. The quantitative estimate of drug-likeness (QED) is 0.417. The van der Waals surface area contributed by atoms with Crippen LogP contribution in [-0.2, 0) is 5.75 Å². The molecule has 1 amide bonds. The molecule has 0 spiro atoms. The number of hydrogen-bond acceptors (Lipinski definition) is 6. The van der Waals surface area contributed by atoms with Gasteiger partial charge in [-0.2, -0.15) is 0 Å². The van der Waals surface area contributed by atoms with E-state index >= 15 is 0 Å². The van der Waals surface area contributed by atoms with Crippen LogP contribution in [0.3, 0.4) is 0 Å². The van der Waals surface area contributed by atoms with Gasteiger partial charge in [0, 0.05) is 37.9 Å². The van der Waals surface area contributed by atoms with Gasteiger partial charge in [-0.25, -0.2) is 9.97 Å². The Morgan fingerprint density at radius 3 is 2.61 bits per heavy atom. The van der Waals surface area contributed by atoms with Gasteiger partial charge in [-0.3, -0.25) is 4.79 Å². The molecule has 4 rings (SSSR count). The fraction of sp³-hybridized carbons (Fsp3) is 0.625. The highest BCUT2D eigenvalue weighted by molar-refractivity contribution is 7.98. The summed E-state index contributed by atoms with van der Waals surface area (Å²) in [6, 6.07) is 6.40. The van der Waals surface area contributed by atoms with Crippen molar-refractivity contribution < 1.29 is 9.21 Å². The standard InChI is InChI=1S/C24H34N4O2S/c1-17(2)20-15-22(27(3)18-9-5-4-6-10-18)26-24(25-20)31-16-19-11-12-21(30-19)23(29)28-13-7-8-14-28/h11-12,15,17-18H,4-10,13-14,16H2,1-3H3. The number of carbonyl (C=O) groups excluding carboxylic acids is 1. The van der Waals surface area contributed by atoms with Crippen molar-refractivity contribution in [3.63, 3.8) is 0 Å². The van der Waals surface area contributed by atoms with Crippen molar-refractivity contribution >= 4 is 23.5 Å². The number of furan rings is 1. The van der Waals surface area contributed by atoms with Crippen molar-refractivity contribution in [1.82, 2.24) is 14.9 Å². The Morgan fingerprint density at radius 2 is 1.90 bits per heavy atom. The first-order valence-corrected chi connectivity index (χ1v) is 12.6. The molecule has 6 nitrogen and oxygen atoms in total. The van der Waals surface area contributed by atoms with Gasteiger partial charge in [-0.15, -0.1) is 0 Å². The van der Waals surface area contributed by atoms with Gasteiger partial charge in [0.15, 0.2) is 10.9 Å². The Bertz CT molecular complexity index is 885. The van der Waals surface area contributed by atoms with E-state index in [0.29, 0.717) is 23.5 Å². The van der Waals surface area contributed by atoms with Crippen LogP contribution in [0.1, 0.15) is 86.7 Å². The van der Waals surface area contributed by atoms with Crippen LogP contribution in [0.15, 0.2) is 27.8 Å². The minimum atomic E-state index is 0.00296. The molecule has 0 bridgehead atoms. The highest BCUT2D eigenvalue weighted by Crippen LogP contribution is 2.29.